The lowest BCUT2D eigenvalue weighted by Gasteiger charge is -2.27. The van der Waals surface area contributed by atoms with Crippen molar-refractivity contribution >= 4 is 40.2 Å². The molecule has 174 valence electrons. The summed E-state index contributed by atoms with van der Waals surface area (Å²) in [4.78, 5) is 6.57. The van der Waals surface area contributed by atoms with E-state index in [1.165, 1.54) is 81.3 Å². The number of hydrogen-bond donors (Lipinski definition) is 0. The standard InChI is InChI=1S/C31H30N3S/c1-3-13-25(14-4-1)34-27-16-6-5-15-26(27)24(21-29(34)32-18-7-2-8-19-32)22-30-33-20-10-12-23-11-9-17-28(35-30)31(23)33/h1,3-6,9,11,13-17,21-22H,2,7-8,10,12,18-20H2/q+1. The maximum atomic E-state index is 2.60. The summed E-state index contributed by atoms with van der Waals surface area (Å²) in [7, 11) is 0. The lowest BCUT2D eigenvalue weighted by Crippen LogP contribution is -2.43. The highest BCUT2D eigenvalue weighted by molar-refractivity contribution is 8.03. The van der Waals surface area contributed by atoms with Gasteiger partial charge in [0, 0.05) is 22.9 Å². The van der Waals surface area contributed by atoms with Gasteiger partial charge in [-0.1, -0.05) is 60.3 Å². The zero-order valence-corrected chi connectivity index (χ0v) is 20.8. The number of pyridine rings is 1. The van der Waals surface area contributed by atoms with E-state index >= 15 is 0 Å². The van der Waals surface area contributed by atoms with E-state index in [9.17, 15) is 0 Å². The summed E-state index contributed by atoms with van der Waals surface area (Å²) >= 11 is 1.94. The zero-order valence-electron chi connectivity index (χ0n) is 20.0. The minimum absolute atomic E-state index is 1.11. The number of rotatable bonds is 3. The molecule has 3 aromatic carbocycles. The zero-order chi connectivity index (χ0) is 23.2. The maximum Gasteiger partial charge on any atom is 0.282 e. The molecule has 0 spiro atoms. The molecule has 3 aliphatic rings. The van der Waals surface area contributed by atoms with E-state index in [4.69, 9.17) is 0 Å². The minimum atomic E-state index is 1.11. The lowest BCUT2D eigenvalue weighted by molar-refractivity contribution is -0.554. The number of nitrogens with zero attached hydrogens (tertiary/aromatic N) is 3. The van der Waals surface area contributed by atoms with Crippen LogP contribution in [0, 0.1) is 0 Å². The highest BCUT2D eigenvalue weighted by Crippen LogP contribution is 2.50. The Bertz CT molecular complexity index is 1440. The van der Waals surface area contributed by atoms with Crippen LogP contribution in [0.3, 0.4) is 0 Å². The van der Waals surface area contributed by atoms with Crippen molar-refractivity contribution in [1.82, 2.24) is 0 Å². The number of anilines is 2. The molecule has 1 fully saturated rings. The van der Waals surface area contributed by atoms with Crippen molar-refractivity contribution in [3.8, 4) is 5.69 Å². The van der Waals surface area contributed by atoms with Gasteiger partial charge in [0.2, 0.25) is 0 Å². The molecule has 0 N–H and O–H groups in total. The highest BCUT2D eigenvalue weighted by atomic mass is 32.2. The van der Waals surface area contributed by atoms with Gasteiger partial charge in [-0.15, -0.1) is 0 Å². The molecule has 4 heterocycles. The number of para-hydroxylation sites is 3. The second-order valence-electron chi connectivity index (χ2n) is 9.80. The fraction of sp³-hybridized carbons (Fsp3) is 0.258. The largest absolute Gasteiger partial charge is 0.335 e. The predicted molar refractivity (Wildman–Crippen MR) is 147 cm³/mol. The monoisotopic (exact) mass is 476 g/mol. The van der Waals surface area contributed by atoms with Gasteiger partial charge in [0.15, 0.2) is 0 Å². The molecule has 3 nitrogen and oxygen atoms in total. The van der Waals surface area contributed by atoms with Crippen molar-refractivity contribution in [2.75, 3.05) is 29.4 Å². The van der Waals surface area contributed by atoms with Crippen LogP contribution in [0.25, 0.3) is 22.7 Å². The molecule has 1 saturated heterocycles. The number of thioether (sulfide) groups is 1. The SMILES string of the molecule is C(=C1Sc2cccc3c2N1CCC3)c1cc(N2CCCCC2)[n+](-c2ccccc2)c2ccccc12. The topological polar surface area (TPSA) is 10.4 Å². The number of piperidine rings is 1. The number of benzene rings is 3. The molecule has 7 rings (SSSR count). The lowest BCUT2D eigenvalue weighted by atomic mass is 10.0. The van der Waals surface area contributed by atoms with Gasteiger partial charge in [-0.05, 0) is 73.6 Å². The van der Waals surface area contributed by atoms with Crippen LogP contribution in [0.15, 0.2) is 88.8 Å². The Morgan fingerprint density at radius 3 is 2.49 bits per heavy atom. The molecule has 0 bridgehead atoms. The maximum absolute atomic E-state index is 2.60. The molecule has 0 aliphatic carbocycles. The molecule has 4 heteroatoms. The van der Waals surface area contributed by atoms with Crippen LogP contribution in [0.2, 0.25) is 0 Å². The first kappa shape index (κ1) is 21.1. The number of fused-ring (bicyclic) bond motifs is 1. The first-order valence-corrected chi connectivity index (χ1v) is 13.8. The van der Waals surface area contributed by atoms with Gasteiger partial charge < -0.3 is 4.90 Å². The Labute approximate surface area is 211 Å². The van der Waals surface area contributed by atoms with Gasteiger partial charge in [-0.25, -0.2) is 0 Å². The molecule has 1 aromatic heterocycles. The van der Waals surface area contributed by atoms with E-state index in [0.29, 0.717) is 0 Å². The molecule has 0 saturated carbocycles. The van der Waals surface area contributed by atoms with Crippen LogP contribution in [-0.4, -0.2) is 19.6 Å². The van der Waals surface area contributed by atoms with Crippen LogP contribution in [0.5, 0.6) is 0 Å². The first-order valence-electron chi connectivity index (χ1n) is 12.9. The van der Waals surface area contributed by atoms with Crippen molar-refractivity contribution in [3.63, 3.8) is 0 Å². The fourth-order valence-electron chi connectivity index (χ4n) is 5.97. The summed E-state index contributed by atoms with van der Waals surface area (Å²) in [5.41, 5.74) is 6.76. The third-order valence-electron chi connectivity index (χ3n) is 7.60. The molecule has 0 amide bonds. The number of hydrogen-bond acceptors (Lipinski definition) is 3. The van der Waals surface area contributed by atoms with E-state index in [2.05, 4.69) is 99.3 Å². The van der Waals surface area contributed by atoms with E-state index in [0.717, 1.165) is 19.6 Å². The van der Waals surface area contributed by atoms with Crippen LogP contribution >= 0.6 is 11.8 Å². The van der Waals surface area contributed by atoms with E-state index in [1.807, 2.05) is 11.8 Å². The summed E-state index contributed by atoms with van der Waals surface area (Å²) in [6.07, 6.45) is 8.72. The molecule has 35 heavy (non-hydrogen) atoms. The second-order valence-corrected chi connectivity index (χ2v) is 10.9. The Balaban J connectivity index is 1.44. The van der Waals surface area contributed by atoms with Crippen molar-refractivity contribution in [2.24, 2.45) is 0 Å². The van der Waals surface area contributed by atoms with E-state index in [-0.39, 0.29) is 0 Å². The van der Waals surface area contributed by atoms with Crippen LogP contribution in [0.4, 0.5) is 11.5 Å². The van der Waals surface area contributed by atoms with Gasteiger partial charge in [0.1, 0.15) is 11.2 Å². The van der Waals surface area contributed by atoms with Gasteiger partial charge in [0.25, 0.3) is 5.82 Å². The highest BCUT2D eigenvalue weighted by Gasteiger charge is 2.31. The molecule has 4 aromatic rings. The van der Waals surface area contributed by atoms with Gasteiger partial charge in [-0.2, -0.15) is 4.57 Å². The molecule has 3 aliphatic heterocycles. The van der Waals surface area contributed by atoms with Crippen molar-refractivity contribution in [3.05, 3.63) is 95.0 Å². The molecule has 0 atom stereocenters. The Kier molecular flexibility index (Phi) is 5.28. The Morgan fingerprint density at radius 1 is 0.771 bits per heavy atom. The second kappa shape index (κ2) is 8.76. The fourth-order valence-corrected chi connectivity index (χ4v) is 7.16. The third-order valence-corrected chi connectivity index (χ3v) is 8.70. The van der Waals surface area contributed by atoms with Crippen molar-refractivity contribution in [2.45, 2.75) is 37.0 Å². The van der Waals surface area contributed by atoms with Crippen molar-refractivity contribution in [1.29, 1.82) is 0 Å². The predicted octanol–water partition coefficient (Wildman–Crippen LogP) is 6.96. The van der Waals surface area contributed by atoms with Gasteiger partial charge in [0.05, 0.1) is 23.8 Å². The molecular formula is C31H30N3S+. The summed E-state index contributed by atoms with van der Waals surface area (Å²) in [6, 6.07) is 29.1. The molecule has 0 radical (unpaired) electrons. The normalized spacial score (nSPS) is 18.3. The van der Waals surface area contributed by atoms with Gasteiger partial charge >= 0.3 is 0 Å². The minimum Gasteiger partial charge on any atom is -0.335 e. The number of aromatic nitrogens is 1. The Hall–Kier alpha value is -3.24. The summed E-state index contributed by atoms with van der Waals surface area (Å²) < 4.78 is 2.47. The van der Waals surface area contributed by atoms with Crippen LogP contribution in [-0.2, 0) is 6.42 Å². The van der Waals surface area contributed by atoms with Crippen LogP contribution in [0.1, 0.15) is 36.8 Å². The van der Waals surface area contributed by atoms with E-state index in [1.54, 1.807) is 0 Å². The van der Waals surface area contributed by atoms with E-state index < -0.39 is 0 Å². The quantitative estimate of drug-likeness (QED) is 0.296. The summed E-state index contributed by atoms with van der Waals surface area (Å²) in [5, 5.41) is 2.66. The van der Waals surface area contributed by atoms with Crippen LogP contribution < -0.4 is 14.4 Å². The number of aryl methyl sites for hydroxylation is 1. The third kappa shape index (κ3) is 3.63. The van der Waals surface area contributed by atoms with Gasteiger partial charge in [-0.3, -0.25) is 4.90 Å². The average Bonchev–Trinajstić information content (AvgIpc) is 3.28. The van der Waals surface area contributed by atoms with Crippen molar-refractivity contribution < 1.29 is 4.57 Å². The first-order chi connectivity index (χ1) is 17.4. The summed E-state index contributed by atoms with van der Waals surface area (Å²) in [5.74, 6) is 1.31. The molecule has 0 unspecified atom stereocenters. The average molecular weight is 477 g/mol. The molecular weight excluding hydrogens is 446 g/mol. The Morgan fingerprint density at radius 2 is 1.60 bits per heavy atom. The smallest absolute Gasteiger partial charge is 0.282 e. The summed E-state index contributed by atoms with van der Waals surface area (Å²) in [6.45, 7) is 3.35.